The van der Waals surface area contributed by atoms with Gasteiger partial charge in [0.05, 0.1) is 6.61 Å². The normalized spacial score (nSPS) is 14.9. The molecule has 150 valence electrons. The van der Waals surface area contributed by atoms with E-state index in [0.29, 0.717) is 12.9 Å². The lowest BCUT2D eigenvalue weighted by molar-refractivity contribution is 0.224. The molecule has 0 radical (unpaired) electrons. The minimum absolute atomic E-state index is 0.339. The van der Waals surface area contributed by atoms with Gasteiger partial charge in [0.25, 0.3) is 6.92 Å². The second kappa shape index (κ2) is 9.89. The van der Waals surface area contributed by atoms with Crippen molar-refractivity contribution < 1.29 is 18.5 Å². The molecule has 0 atom stereocenters. The van der Waals surface area contributed by atoms with Crippen LogP contribution < -0.4 is 9.64 Å². The number of rotatable bonds is 8. The maximum atomic E-state index is 13.4. The smallest absolute Gasteiger partial charge is 0.290 e. The molecule has 0 saturated carbocycles. The summed E-state index contributed by atoms with van der Waals surface area (Å²) in [4.78, 5) is 4.45. The van der Waals surface area contributed by atoms with Gasteiger partial charge in [-0.25, -0.2) is 8.78 Å². The summed E-state index contributed by atoms with van der Waals surface area (Å²) in [5.41, 5.74) is 1.84. The van der Waals surface area contributed by atoms with Gasteiger partial charge in [-0.15, -0.1) is 0 Å². The van der Waals surface area contributed by atoms with Crippen molar-refractivity contribution in [1.82, 2.24) is 4.90 Å². The molecule has 2 aromatic rings. The fourth-order valence-electron chi connectivity index (χ4n) is 3.45. The molecule has 0 bridgehead atoms. The van der Waals surface area contributed by atoms with Crippen LogP contribution in [0.15, 0.2) is 42.5 Å². The van der Waals surface area contributed by atoms with Gasteiger partial charge in [-0.1, -0.05) is 24.5 Å². The average Bonchev–Trinajstić information content (AvgIpc) is 2.69. The van der Waals surface area contributed by atoms with Crippen LogP contribution in [0.25, 0.3) is 0 Å². The van der Waals surface area contributed by atoms with Crippen LogP contribution in [0, 0.1) is 11.6 Å². The van der Waals surface area contributed by atoms with Gasteiger partial charge < -0.3 is 14.7 Å². The third-order valence-electron chi connectivity index (χ3n) is 4.98. The molecule has 28 heavy (non-hydrogen) atoms. The van der Waals surface area contributed by atoms with E-state index in [1.165, 1.54) is 12.1 Å². The molecular formula is C21H27BF2N2O2. The Balaban J connectivity index is 1.35. The highest BCUT2D eigenvalue weighted by Crippen LogP contribution is 2.19. The molecular weight excluding hydrogens is 361 g/mol. The standard InChI is InChI=1S/C21H27BF2N2O2/c1-22(27)16-17-3-6-19(7-4-17)28-14-2-9-25-10-12-26(13-11-25)18-5-8-20(23)21(24)15-18/h3-8,15,27H,2,9-14,16H2,1H3. The monoisotopic (exact) mass is 388 g/mol. The number of piperazine rings is 1. The highest BCUT2D eigenvalue weighted by atomic mass is 19.2. The SMILES string of the molecule is CB(O)Cc1ccc(OCCCN2CCN(c3ccc(F)c(F)c3)CC2)cc1. The lowest BCUT2D eigenvalue weighted by Gasteiger charge is -2.36. The van der Waals surface area contributed by atoms with E-state index in [2.05, 4.69) is 9.80 Å². The number of nitrogens with zero attached hydrogens (tertiary/aromatic N) is 2. The second-order valence-corrected chi connectivity index (χ2v) is 7.33. The van der Waals surface area contributed by atoms with Crippen molar-refractivity contribution in [2.45, 2.75) is 19.6 Å². The summed E-state index contributed by atoms with van der Waals surface area (Å²) in [6.07, 6.45) is 1.58. The third-order valence-corrected chi connectivity index (χ3v) is 4.98. The van der Waals surface area contributed by atoms with Crippen LogP contribution in [0.2, 0.25) is 6.82 Å². The van der Waals surface area contributed by atoms with Crippen LogP contribution >= 0.6 is 0 Å². The van der Waals surface area contributed by atoms with Gasteiger partial charge in [0, 0.05) is 44.5 Å². The van der Waals surface area contributed by atoms with Crippen LogP contribution in [0.1, 0.15) is 12.0 Å². The van der Waals surface area contributed by atoms with E-state index in [0.717, 1.165) is 56.1 Å². The molecule has 1 N–H and O–H groups in total. The lowest BCUT2D eigenvalue weighted by Crippen LogP contribution is -2.46. The van der Waals surface area contributed by atoms with Crippen molar-refractivity contribution in [3.05, 3.63) is 59.7 Å². The van der Waals surface area contributed by atoms with Crippen molar-refractivity contribution >= 4 is 12.6 Å². The number of anilines is 1. The summed E-state index contributed by atoms with van der Waals surface area (Å²) >= 11 is 0. The zero-order chi connectivity index (χ0) is 19.9. The number of halogens is 2. The van der Waals surface area contributed by atoms with E-state index in [4.69, 9.17) is 4.74 Å². The molecule has 0 spiro atoms. The summed E-state index contributed by atoms with van der Waals surface area (Å²) in [7, 11) is 0. The van der Waals surface area contributed by atoms with Crippen LogP contribution in [-0.2, 0) is 6.32 Å². The molecule has 4 nitrogen and oxygen atoms in total. The van der Waals surface area contributed by atoms with Gasteiger partial charge in [0.2, 0.25) is 0 Å². The Bertz CT molecular complexity index is 751. The molecule has 3 rings (SSSR count). The van der Waals surface area contributed by atoms with E-state index in [-0.39, 0.29) is 6.92 Å². The molecule has 1 fully saturated rings. The first-order valence-corrected chi connectivity index (χ1v) is 9.83. The minimum Gasteiger partial charge on any atom is -0.494 e. The van der Waals surface area contributed by atoms with Crippen LogP contribution in [-0.4, -0.2) is 56.2 Å². The Hall–Kier alpha value is -2.12. The molecule has 0 aliphatic carbocycles. The van der Waals surface area contributed by atoms with Gasteiger partial charge in [-0.05, 0) is 37.0 Å². The molecule has 0 amide bonds. The maximum Gasteiger partial charge on any atom is 0.290 e. The van der Waals surface area contributed by atoms with Gasteiger partial charge in [0.1, 0.15) is 5.75 Å². The van der Waals surface area contributed by atoms with Gasteiger partial charge in [-0.3, -0.25) is 4.90 Å². The van der Waals surface area contributed by atoms with E-state index < -0.39 is 11.6 Å². The van der Waals surface area contributed by atoms with E-state index in [1.54, 1.807) is 12.9 Å². The van der Waals surface area contributed by atoms with E-state index in [9.17, 15) is 13.8 Å². The number of ether oxygens (including phenoxy) is 1. The summed E-state index contributed by atoms with van der Waals surface area (Å²) in [6.45, 7) is 6.44. The van der Waals surface area contributed by atoms with Crippen molar-refractivity contribution in [3.63, 3.8) is 0 Å². The van der Waals surface area contributed by atoms with Gasteiger partial charge >= 0.3 is 0 Å². The lowest BCUT2D eigenvalue weighted by atomic mass is 9.66. The van der Waals surface area contributed by atoms with Crippen molar-refractivity contribution in [2.75, 3.05) is 44.2 Å². The van der Waals surface area contributed by atoms with Crippen molar-refractivity contribution in [2.24, 2.45) is 0 Å². The number of benzene rings is 2. The van der Waals surface area contributed by atoms with E-state index >= 15 is 0 Å². The summed E-state index contributed by atoms with van der Waals surface area (Å²) in [5.74, 6) is -0.756. The summed E-state index contributed by atoms with van der Waals surface area (Å²) in [6, 6.07) is 11.9. The van der Waals surface area contributed by atoms with Crippen LogP contribution in [0.4, 0.5) is 14.5 Å². The quantitative estimate of drug-likeness (QED) is 0.557. The van der Waals surface area contributed by atoms with E-state index in [1.807, 2.05) is 24.3 Å². The molecule has 1 aliphatic rings. The molecule has 1 aliphatic heterocycles. The van der Waals surface area contributed by atoms with Gasteiger partial charge in [0.15, 0.2) is 11.6 Å². The molecule has 7 heteroatoms. The molecule has 0 aromatic heterocycles. The largest absolute Gasteiger partial charge is 0.494 e. The predicted octanol–water partition coefficient (Wildman–Crippen LogP) is 3.25. The first-order chi connectivity index (χ1) is 13.5. The fourth-order valence-corrected chi connectivity index (χ4v) is 3.45. The Morgan fingerprint density at radius 2 is 1.71 bits per heavy atom. The topological polar surface area (TPSA) is 35.9 Å². The molecule has 0 unspecified atom stereocenters. The predicted molar refractivity (Wildman–Crippen MR) is 109 cm³/mol. The van der Waals surface area contributed by atoms with Gasteiger partial charge in [-0.2, -0.15) is 0 Å². The molecule has 1 heterocycles. The Kier molecular flexibility index (Phi) is 7.28. The number of hydrogen-bond acceptors (Lipinski definition) is 4. The average molecular weight is 388 g/mol. The first kappa shape index (κ1) is 20.6. The zero-order valence-corrected chi connectivity index (χ0v) is 16.3. The highest BCUT2D eigenvalue weighted by molar-refractivity contribution is 6.48. The van der Waals surface area contributed by atoms with Crippen LogP contribution in [0.5, 0.6) is 5.75 Å². The molecule has 1 saturated heterocycles. The Labute approximate surface area is 165 Å². The Morgan fingerprint density at radius 1 is 1.00 bits per heavy atom. The zero-order valence-electron chi connectivity index (χ0n) is 16.3. The fraction of sp³-hybridized carbons (Fsp3) is 0.429. The maximum absolute atomic E-state index is 13.4. The highest BCUT2D eigenvalue weighted by Gasteiger charge is 2.18. The van der Waals surface area contributed by atoms with Crippen LogP contribution in [0.3, 0.4) is 0 Å². The summed E-state index contributed by atoms with van der Waals surface area (Å²) in [5, 5.41) is 9.41. The first-order valence-electron chi connectivity index (χ1n) is 9.83. The Morgan fingerprint density at radius 3 is 2.36 bits per heavy atom. The molecule has 2 aromatic carbocycles. The second-order valence-electron chi connectivity index (χ2n) is 7.33. The number of hydrogen-bond donors (Lipinski definition) is 1. The summed E-state index contributed by atoms with van der Waals surface area (Å²) < 4.78 is 32.3. The minimum atomic E-state index is -0.806. The van der Waals surface area contributed by atoms with Crippen molar-refractivity contribution in [1.29, 1.82) is 0 Å². The van der Waals surface area contributed by atoms with Crippen molar-refractivity contribution in [3.8, 4) is 5.75 Å². The third kappa shape index (κ3) is 5.94.